The molecule has 1 aromatic rings. The minimum atomic E-state index is -0.247. The van der Waals surface area contributed by atoms with E-state index in [4.69, 9.17) is 16.3 Å². The third-order valence-corrected chi connectivity index (χ3v) is 3.19. The van der Waals surface area contributed by atoms with Gasteiger partial charge < -0.3 is 10.1 Å². The summed E-state index contributed by atoms with van der Waals surface area (Å²) >= 11 is 6.10. The second-order valence-electron chi connectivity index (χ2n) is 4.67. The van der Waals surface area contributed by atoms with Gasteiger partial charge in [0.1, 0.15) is 5.82 Å². The lowest BCUT2D eigenvalue weighted by atomic mass is 10.1. The van der Waals surface area contributed by atoms with Crippen LogP contribution in [0, 0.1) is 5.82 Å². The molecule has 0 spiro atoms. The van der Waals surface area contributed by atoms with E-state index in [0.717, 1.165) is 31.6 Å². The smallest absolute Gasteiger partial charge is 0.123 e. The van der Waals surface area contributed by atoms with Gasteiger partial charge in [-0.3, -0.25) is 0 Å². The first kappa shape index (κ1) is 16.4. The van der Waals surface area contributed by atoms with E-state index in [2.05, 4.69) is 19.2 Å². The molecule has 0 amide bonds. The molecule has 1 aromatic carbocycles. The van der Waals surface area contributed by atoms with Crippen molar-refractivity contribution in [3.05, 3.63) is 34.6 Å². The van der Waals surface area contributed by atoms with Crippen LogP contribution < -0.4 is 5.32 Å². The second kappa shape index (κ2) is 9.29. The Labute approximate surface area is 120 Å². The molecule has 0 saturated carbocycles. The minimum Gasteiger partial charge on any atom is -0.380 e. The minimum absolute atomic E-state index is 0.172. The Balaban J connectivity index is 2.61. The van der Waals surface area contributed by atoms with E-state index in [1.54, 1.807) is 6.07 Å². The summed E-state index contributed by atoms with van der Waals surface area (Å²) in [5.41, 5.74) is 0.829. The monoisotopic (exact) mass is 287 g/mol. The van der Waals surface area contributed by atoms with Crippen molar-refractivity contribution in [2.75, 3.05) is 19.8 Å². The van der Waals surface area contributed by atoms with Gasteiger partial charge in [0.2, 0.25) is 0 Å². The number of hydrogen-bond donors (Lipinski definition) is 1. The molecule has 0 heterocycles. The largest absolute Gasteiger partial charge is 0.380 e. The summed E-state index contributed by atoms with van der Waals surface area (Å²) in [6.45, 7) is 6.50. The topological polar surface area (TPSA) is 21.3 Å². The van der Waals surface area contributed by atoms with E-state index in [1.165, 1.54) is 12.1 Å². The molecule has 2 nitrogen and oxygen atoms in total. The fraction of sp³-hybridized carbons (Fsp3) is 0.600. The Bertz CT molecular complexity index is 373. The Morgan fingerprint density at radius 2 is 2.11 bits per heavy atom. The standard InChI is InChI=1S/C15H23ClFNO/c1-3-7-18-14(11-19-8-4-2)10-12-9-13(17)5-6-15(12)16/h5-6,9,14,18H,3-4,7-8,10-11H2,1-2H3. The van der Waals surface area contributed by atoms with Crippen molar-refractivity contribution in [2.24, 2.45) is 0 Å². The molecular weight excluding hydrogens is 265 g/mol. The van der Waals surface area contributed by atoms with Gasteiger partial charge in [-0.25, -0.2) is 4.39 Å². The van der Waals surface area contributed by atoms with Crippen LogP contribution >= 0.6 is 11.6 Å². The Hall–Kier alpha value is -0.640. The van der Waals surface area contributed by atoms with Gasteiger partial charge in [-0.2, -0.15) is 0 Å². The van der Waals surface area contributed by atoms with Gasteiger partial charge in [-0.05, 0) is 49.6 Å². The van der Waals surface area contributed by atoms with Crippen molar-refractivity contribution in [3.63, 3.8) is 0 Å². The predicted octanol–water partition coefficient (Wildman–Crippen LogP) is 3.82. The van der Waals surface area contributed by atoms with E-state index in [0.29, 0.717) is 18.1 Å². The summed E-state index contributed by atoms with van der Waals surface area (Å²) in [6.07, 6.45) is 2.74. The van der Waals surface area contributed by atoms with Crippen molar-refractivity contribution in [1.82, 2.24) is 5.32 Å². The highest BCUT2D eigenvalue weighted by molar-refractivity contribution is 6.31. The van der Waals surface area contributed by atoms with E-state index < -0.39 is 0 Å². The van der Waals surface area contributed by atoms with E-state index in [9.17, 15) is 4.39 Å². The van der Waals surface area contributed by atoms with Crippen molar-refractivity contribution < 1.29 is 9.13 Å². The number of benzene rings is 1. The molecule has 0 saturated heterocycles. The average Bonchev–Trinajstić information content (AvgIpc) is 2.40. The van der Waals surface area contributed by atoms with Crippen LogP contribution in [0.25, 0.3) is 0 Å². The molecule has 0 aliphatic rings. The van der Waals surface area contributed by atoms with Crippen molar-refractivity contribution in [1.29, 1.82) is 0 Å². The van der Waals surface area contributed by atoms with Crippen molar-refractivity contribution >= 4 is 11.6 Å². The van der Waals surface area contributed by atoms with E-state index in [1.807, 2.05) is 0 Å². The van der Waals surface area contributed by atoms with Crippen LogP contribution in [0.15, 0.2) is 18.2 Å². The highest BCUT2D eigenvalue weighted by Crippen LogP contribution is 2.18. The molecule has 0 bridgehead atoms. The zero-order valence-electron chi connectivity index (χ0n) is 11.7. The number of nitrogens with one attached hydrogen (secondary N) is 1. The SMILES string of the molecule is CCCNC(COCCC)Cc1cc(F)ccc1Cl. The molecule has 1 unspecified atom stereocenters. The summed E-state index contributed by atoms with van der Waals surface area (Å²) in [6, 6.07) is 4.66. The number of halogens is 2. The van der Waals surface area contributed by atoms with Gasteiger partial charge >= 0.3 is 0 Å². The Morgan fingerprint density at radius 1 is 1.32 bits per heavy atom. The van der Waals surface area contributed by atoms with E-state index in [-0.39, 0.29) is 11.9 Å². The highest BCUT2D eigenvalue weighted by Gasteiger charge is 2.12. The lowest BCUT2D eigenvalue weighted by Crippen LogP contribution is -2.36. The fourth-order valence-electron chi connectivity index (χ4n) is 1.87. The first-order valence-corrected chi connectivity index (χ1v) is 7.30. The number of rotatable bonds is 9. The first-order chi connectivity index (χ1) is 9.17. The van der Waals surface area contributed by atoms with Gasteiger partial charge in [0.15, 0.2) is 0 Å². The molecule has 1 atom stereocenters. The molecule has 108 valence electrons. The van der Waals surface area contributed by atoms with Gasteiger partial charge in [0.25, 0.3) is 0 Å². The Kier molecular flexibility index (Phi) is 8.03. The van der Waals surface area contributed by atoms with Gasteiger partial charge in [-0.1, -0.05) is 25.4 Å². The van der Waals surface area contributed by atoms with Crippen LogP contribution in [0.5, 0.6) is 0 Å². The summed E-state index contributed by atoms with van der Waals surface area (Å²) in [4.78, 5) is 0. The molecule has 4 heteroatoms. The zero-order chi connectivity index (χ0) is 14.1. The molecule has 1 rings (SSSR count). The Morgan fingerprint density at radius 3 is 2.79 bits per heavy atom. The zero-order valence-corrected chi connectivity index (χ0v) is 12.5. The highest BCUT2D eigenvalue weighted by atomic mass is 35.5. The maximum absolute atomic E-state index is 13.2. The first-order valence-electron chi connectivity index (χ1n) is 6.92. The molecule has 0 radical (unpaired) electrons. The van der Waals surface area contributed by atoms with Crippen LogP contribution in [0.1, 0.15) is 32.3 Å². The molecular formula is C15H23ClFNO. The number of ether oxygens (including phenoxy) is 1. The third-order valence-electron chi connectivity index (χ3n) is 2.82. The summed E-state index contributed by atoms with van der Waals surface area (Å²) in [5, 5.41) is 4.03. The summed E-state index contributed by atoms with van der Waals surface area (Å²) < 4.78 is 18.8. The molecule has 0 aliphatic carbocycles. The van der Waals surface area contributed by atoms with E-state index >= 15 is 0 Å². The molecule has 0 aliphatic heterocycles. The van der Waals surface area contributed by atoms with Gasteiger partial charge in [0, 0.05) is 17.7 Å². The molecule has 0 fully saturated rings. The van der Waals surface area contributed by atoms with Crippen LogP contribution in [0.2, 0.25) is 5.02 Å². The molecule has 0 aromatic heterocycles. The summed E-state index contributed by atoms with van der Waals surface area (Å²) in [5.74, 6) is -0.247. The second-order valence-corrected chi connectivity index (χ2v) is 5.07. The maximum Gasteiger partial charge on any atom is 0.123 e. The average molecular weight is 288 g/mol. The van der Waals surface area contributed by atoms with Gasteiger partial charge in [-0.15, -0.1) is 0 Å². The quantitative estimate of drug-likeness (QED) is 0.697. The lowest BCUT2D eigenvalue weighted by molar-refractivity contribution is 0.111. The predicted molar refractivity (Wildman–Crippen MR) is 78.3 cm³/mol. The van der Waals surface area contributed by atoms with Gasteiger partial charge in [0.05, 0.1) is 6.61 Å². The third kappa shape index (κ3) is 6.37. The van der Waals surface area contributed by atoms with Crippen LogP contribution in [-0.2, 0) is 11.2 Å². The normalized spacial score (nSPS) is 12.6. The molecule has 19 heavy (non-hydrogen) atoms. The fourth-order valence-corrected chi connectivity index (χ4v) is 2.07. The van der Waals surface area contributed by atoms with Crippen LogP contribution in [0.4, 0.5) is 4.39 Å². The summed E-state index contributed by atoms with van der Waals surface area (Å²) in [7, 11) is 0. The van der Waals surface area contributed by atoms with Crippen LogP contribution in [-0.4, -0.2) is 25.8 Å². The van der Waals surface area contributed by atoms with Crippen molar-refractivity contribution in [2.45, 2.75) is 39.2 Å². The number of hydrogen-bond acceptors (Lipinski definition) is 2. The van der Waals surface area contributed by atoms with Crippen molar-refractivity contribution in [3.8, 4) is 0 Å². The lowest BCUT2D eigenvalue weighted by Gasteiger charge is -2.19. The van der Waals surface area contributed by atoms with Crippen LogP contribution in [0.3, 0.4) is 0 Å². The maximum atomic E-state index is 13.2. The molecule has 1 N–H and O–H groups in total.